The van der Waals surface area contributed by atoms with Gasteiger partial charge in [0.25, 0.3) is 0 Å². The number of aromatic nitrogens is 2. The zero-order valence-electron chi connectivity index (χ0n) is 17.9. The average Bonchev–Trinajstić information content (AvgIpc) is 3.27. The van der Waals surface area contributed by atoms with Crippen molar-refractivity contribution >= 4 is 54.1 Å². The van der Waals surface area contributed by atoms with Gasteiger partial charge in [-0.3, -0.25) is 0 Å². The van der Waals surface area contributed by atoms with E-state index in [2.05, 4.69) is 0 Å². The molecule has 6 aromatic rings. The van der Waals surface area contributed by atoms with Crippen molar-refractivity contribution in [3.05, 3.63) is 72.1 Å². The van der Waals surface area contributed by atoms with E-state index in [1.807, 2.05) is 24.3 Å². The largest absolute Gasteiger partial charge is 0.431 e. The number of nitrogens with zero attached hydrogens (tertiary/aromatic N) is 2. The third-order valence-electron chi connectivity index (χ3n) is 6.74. The minimum Gasteiger partial charge on any atom is -0.340 e. The van der Waals surface area contributed by atoms with E-state index >= 15 is 0 Å². The van der Waals surface area contributed by atoms with Crippen molar-refractivity contribution in [2.75, 3.05) is 0 Å². The molecule has 4 aromatic carbocycles. The zero-order valence-corrected chi connectivity index (χ0v) is 17.9. The summed E-state index contributed by atoms with van der Waals surface area (Å²) in [5.74, 6) is 0. The summed E-state index contributed by atoms with van der Waals surface area (Å²) in [6, 6.07) is 16.7. The minimum absolute atomic E-state index is 0.458. The zero-order chi connectivity index (χ0) is 24.2. The average molecular weight is 470 g/mol. The van der Waals surface area contributed by atoms with Crippen LogP contribution in [0.25, 0.3) is 54.1 Å². The maximum atomic E-state index is 13.4. The van der Waals surface area contributed by atoms with Gasteiger partial charge >= 0.3 is 12.4 Å². The molecule has 0 amide bonds. The van der Waals surface area contributed by atoms with Gasteiger partial charge in [0.2, 0.25) is 0 Å². The smallest absolute Gasteiger partial charge is 0.340 e. The molecule has 0 spiro atoms. The molecule has 0 bridgehead atoms. The van der Waals surface area contributed by atoms with E-state index in [-0.39, 0.29) is 0 Å². The standard InChI is InChI=1S/C26H16F6N2/c1-33-21-11-19-13(7-15(21)9-23(33)25(27,28)29)3-6-18-17(19)5-4-14-8-16-10-24(26(30,31)32)34(2)22(16)12-20(14)18/h3-12H,1-2H3. The van der Waals surface area contributed by atoms with Crippen molar-refractivity contribution in [2.24, 2.45) is 14.1 Å². The molecule has 0 N–H and O–H groups in total. The summed E-state index contributed by atoms with van der Waals surface area (Å²) in [4.78, 5) is 0. The Labute approximate surface area is 188 Å². The van der Waals surface area contributed by atoms with Crippen LogP contribution in [-0.2, 0) is 26.4 Å². The first kappa shape index (κ1) is 20.9. The van der Waals surface area contributed by atoms with Crippen LogP contribution in [0.2, 0.25) is 0 Å². The maximum Gasteiger partial charge on any atom is 0.431 e. The van der Waals surface area contributed by atoms with E-state index < -0.39 is 23.7 Å². The van der Waals surface area contributed by atoms with E-state index in [4.69, 9.17) is 0 Å². The third kappa shape index (κ3) is 2.84. The highest BCUT2D eigenvalue weighted by atomic mass is 19.4. The second-order valence-corrected chi connectivity index (χ2v) is 8.66. The lowest BCUT2D eigenvalue weighted by molar-refractivity contribution is -0.143. The number of hydrogen-bond acceptors (Lipinski definition) is 0. The number of halogens is 6. The second kappa shape index (κ2) is 6.46. The molecule has 172 valence electrons. The highest BCUT2D eigenvalue weighted by Crippen LogP contribution is 2.39. The Morgan fingerprint density at radius 3 is 1.21 bits per heavy atom. The van der Waals surface area contributed by atoms with Gasteiger partial charge < -0.3 is 9.13 Å². The first-order valence-corrected chi connectivity index (χ1v) is 10.5. The lowest BCUT2D eigenvalue weighted by Crippen LogP contribution is -2.10. The van der Waals surface area contributed by atoms with E-state index in [0.29, 0.717) is 21.8 Å². The normalized spacial score (nSPS) is 13.3. The van der Waals surface area contributed by atoms with Crippen molar-refractivity contribution in [2.45, 2.75) is 12.4 Å². The number of alkyl halides is 6. The molecule has 0 fully saturated rings. The van der Waals surface area contributed by atoms with Crippen LogP contribution in [0.4, 0.5) is 26.3 Å². The Bertz CT molecular complexity index is 1660. The van der Waals surface area contributed by atoms with Gasteiger partial charge in [-0.1, -0.05) is 24.3 Å². The van der Waals surface area contributed by atoms with Crippen LogP contribution in [0.5, 0.6) is 0 Å². The number of hydrogen-bond donors (Lipinski definition) is 0. The van der Waals surface area contributed by atoms with Crippen molar-refractivity contribution in [1.29, 1.82) is 0 Å². The summed E-state index contributed by atoms with van der Waals surface area (Å²) in [6.45, 7) is 0. The molecule has 0 aliphatic rings. The van der Waals surface area contributed by atoms with Crippen LogP contribution in [-0.4, -0.2) is 9.13 Å². The molecule has 0 aliphatic carbocycles. The van der Waals surface area contributed by atoms with E-state index in [0.717, 1.165) is 53.6 Å². The van der Waals surface area contributed by atoms with Crippen LogP contribution in [0.3, 0.4) is 0 Å². The molecule has 0 unspecified atom stereocenters. The Morgan fingerprint density at radius 2 is 0.853 bits per heavy atom. The maximum absolute atomic E-state index is 13.4. The summed E-state index contributed by atoms with van der Waals surface area (Å²) >= 11 is 0. The van der Waals surface area contributed by atoms with Crippen molar-refractivity contribution in [3.8, 4) is 0 Å². The van der Waals surface area contributed by atoms with Crippen LogP contribution >= 0.6 is 0 Å². The fourth-order valence-corrected chi connectivity index (χ4v) is 5.09. The molecule has 34 heavy (non-hydrogen) atoms. The van der Waals surface area contributed by atoms with E-state index in [1.165, 1.54) is 14.1 Å². The Hall–Kier alpha value is -3.68. The molecular weight excluding hydrogens is 454 g/mol. The summed E-state index contributed by atoms with van der Waals surface area (Å²) in [5, 5.41) is 5.78. The molecule has 2 heterocycles. The predicted molar refractivity (Wildman–Crippen MR) is 122 cm³/mol. The van der Waals surface area contributed by atoms with Crippen molar-refractivity contribution in [3.63, 3.8) is 0 Å². The topological polar surface area (TPSA) is 9.86 Å². The van der Waals surface area contributed by atoms with Gasteiger partial charge in [-0.15, -0.1) is 0 Å². The lowest BCUT2D eigenvalue weighted by atomic mass is 9.95. The molecule has 0 atom stereocenters. The molecular formula is C26H16F6N2. The van der Waals surface area contributed by atoms with Gasteiger partial charge in [0.15, 0.2) is 0 Å². The molecule has 0 saturated heterocycles. The predicted octanol–water partition coefficient (Wildman–Crippen LogP) is 8.17. The van der Waals surface area contributed by atoms with Gasteiger partial charge in [-0.25, -0.2) is 0 Å². The first-order valence-electron chi connectivity index (χ1n) is 10.5. The number of rotatable bonds is 0. The summed E-state index contributed by atoms with van der Waals surface area (Å²) < 4.78 is 82.7. The summed E-state index contributed by atoms with van der Waals surface area (Å²) in [6.07, 6.45) is -8.93. The van der Waals surface area contributed by atoms with Crippen molar-refractivity contribution < 1.29 is 26.3 Å². The first-order chi connectivity index (χ1) is 15.9. The second-order valence-electron chi connectivity index (χ2n) is 8.66. The van der Waals surface area contributed by atoms with E-state index in [9.17, 15) is 26.3 Å². The highest BCUT2D eigenvalue weighted by molar-refractivity contribution is 6.20. The van der Waals surface area contributed by atoms with Gasteiger partial charge in [-0.05, 0) is 68.7 Å². The fraction of sp³-hybridized carbons (Fsp3) is 0.154. The Balaban J connectivity index is 1.68. The third-order valence-corrected chi connectivity index (χ3v) is 6.74. The van der Waals surface area contributed by atoms with Crippen LogP contribution in [0, 0.1) is 0 Å². The monoisotopic (exact) mass is 470 g/mol. The molecule has 6 rings (SSSR count). The van der Waals surface area contributed by atoms with Crippen LogP contribution < -0.4 is 0 Å². The Kier molecular flexibility index (Phi) is 3.97. The van der Waals surface area contributed by atoms with E-state index in [1.54, 1.807) is 24.3 Å². The quantitative estimate of drug-likeness (QED) is 0.157. The summed E-state index contributed by atoms with van der Waals surface area (Å²) in [7, 11) is 2.78. The molecule has 0 radical (unpaired) electrons. The van der Waals surface area contributed by atoms with Crippen LogP contribution in [0.1, 0.15) is 11.4 Å². The molecule has 0 aliphatic heterocycles. The number of aryl methyl sites for hydroxylation is 2. The minimum atomic E-state index is -4.46. The Morgan fingerprint density at radius 1 is 0.471 bits per heavy atom. The number of benzene rings is 4. The lowest BCUT2D eigenvalue weighted by Gasteiger charge is -2.11. The fourth-order valence-electron chi connectivity index (χ4n) is 5.09. The molecule has 0 saturated carbocycles. The molecule has 2 nitrogen and oxygen atoms in total. The van der Waals surface area contributed by atoms with Gasteiger partial charge in [0, 0.05) is 35.9 Å². The van der Waals surface area contributed by atoms with Gasteiger partial charge in [0.1, 0.15) is 11.4 Å². The highest BCUT2D eigenvalue weighted by Gasteiger charge is 2.35. The van der Waals surface area contributed by atoms with Crippen molar-refractivity contribution in [1.82, 2.24) is 9.13 Å². The van der Waals surface area contributed by atoms with Gasteiger partial charge in [-0.2, -0.15) is 26.3 Å². The molecule has 8 heteroatoms. The SMILES string of the molecule is Cn1c(C(F)(F)F)cc2cc3ccc4c5cc6c(cc(C(F)(F)F)n6C)cc5ccc4c3cc21. The molecule has 2 aromatic heterocycles. The van der Waals surface area contributed by atoms with Gasteiger partial charge in [0.05, 0.1) is 0 Å². The summed E-state index contributed by atoms with van der Waals surface area (Å²) in [5.41, 5.74) is -0.529. The number of fused-ring (bicyclic) bond motifs is 7. The van der Waals surface area contributed by atoms with Crippen LogP contribution in [0.15, 0.2) is 60.7 Å².